The van der Waals surface area contributed by atoms with E-state index in [0.29, 0.717) is 11.1 Å². The van der Waals surface area contributed by atoms with Crippen molar-refractivity contribution in [3.8, 4) is 0 Å². The zero-order valence-electron chi connectivity index (χ0n) is 11.7. The van der Waals surface area contributed by atoms with Crippen molar-refractivity contribution in [1.29, 1.82) is 0 Å². The summed E-state index contributed by atoms with van der Waals surface area (Å²) in [4.78, 5) is 0.206. The lowest BCUT2D eigenvalue weighted by Gasteiger charge is -2.01. The Labute approximate surface area is 123 Å². The lowest BCUT2D eigenvalue weighted by atomic mass is 10.2. The molecule has 0 spiro atoms. The average molecular weight is 303 g/mol. The van der Waals surface area contributed by atoms with E-state index in [1.807, 2.05) is 29.8 Å². The second-order valence-corrected chi connectivity index (χ2v) is 6.22. The number of pyridine rings is 1. The molecule has 0 N–H and O–H groups in total. The summed E-state index contributed by atoms with van der Waals surface area (Å²) in [7, 11) is -2.07. The second-order valence-electron chi connectivity index (χ2n) is 4.75. The molecule has 0 unspecified atom stereocenters. The Morgan fingerprint density at radius 2 is 1.71 bits per heavy atom. The number of nitrogens with zero attached hydrogens (tertiary/aromatic N) is 2. The number of aryl methyl sites for hydroxylation is 1. The highest BCUT2D eigenvalue weighted by Crippen LogP contribution is 2.28. The van der Waals surface area contributed by atoms with Crippen molar-refractivity contribution in [2.75, 3.05) is 0 Å². The lowest BCUT2D eigenvalue weighted by molar-refractivity contribution is -0.856. The van der Waals surface area contributed by atoms with Gasteiger partial charge >= 0.3 is 10.1 Å². The monoisotopic (exact) mass is 303 g/mol. The topological polar surface area (TPSA) is 52.2 Å². The van der Waals surface area contributed by atoms with Gasteiger partial charge < -0.3 is 4.57 Å². The number of rotatable bonds is 3. The maximum atomic E-state index is 12.6. The van der Waals surface area contributed by atoms with E-state index < -0.39 is 10.1 Å². The van der Waals surface area contributed by atoms with Crippen molar-refractivity contribution in [2.24, 2.45) is 7.05 Å². The Bertz CT molecular complexity index is 899. The van der Waals surface area contributed by atoms with Crippen LogP contribution in [0.25, 0.3) is 10.9 Å². The predicted molar refractivity (Wildman–Crippen MR) is 78.1 cm³/mol. The van der Waals surface area contributed by atoms with Gasteiger partial charge in [-0.2, -0.15) is 8.42 Å². The van der Waals surface area contributed by atoms with Crippen LogP contribution in [0.4, 0.5) is 0 Å². The molecular weight excluding hydrogens is 288 g/mol. The zero-order chi connectivity index (χ0) is 15.0. The van der Waals surface area contributed by atoms with Crippen LogP contribution in [-0.4, -0.2) is 13.0 Å². The van der Waals surface area contributed by atoms with Crippen LogP contribution in [0.1, 0.15) is 5.69 Å². The van der Waals surface area contributed by atoms with Crippen molar-refractivity contribution in [2.45, 2.75) is 11.8 Å². The zero-order valence-corrected chi connectivity index (χ0v) is 12.5. The van der Waals surface area contributed by atoms with Crippen LogP contribution in [0.3, 0.4) is 0 Å². The maximum absolute atomic E-state index is 12.6. The fourth-order valence-corrected chi connectivity index (χ4v) is 3.73. The molecule has 0 saturated carbocycles. The summed E-state index contributed by atoms with van der Waals surface area (Å²) < 4.78 is 33.4. The molecule has 21 heavy (non-hydrogen) atoms. The van der Waals surface area contributed by atoms with E-state index in [1.54, 1.807) is 31.2 Å². The van der Waals surface area contributed by atoms with Crippen LogP contribution in [0.5, 0.6) is 0 Å². The van der Waals surface area contributed by atoms with Crippen LogP contribution < -0.4 is 9.01 Å². The van der Waals surface area contributed by atoms with E-state index in [4.69, 9.17) is 4.28 Å². The number of hydrogen-bond acceptors (Lipinski definition) is 3. The van der Waals surface area contributed by atoms with Gasteiger partial charge in [0.05, 0.1) is 0 Å². The molecule has 1 aromatic carbocycles. The first-order valence-corrected chi connectivity index (χ1v) is 7.87. The molecule has 6 heteroatoms. The van der Waals surface area contributed by atoms with E-state index in [1.165, 1.54) is 17.1 Å². The number of hydrogen-bond donors (Lipinski definition) is 0. The number of benzene rings is 1. The summed E-state index contributed by atoms with van der Waals surface area (Å²) in [5.74, 6) is 0. The molecule has 0 bridgehead atoms. The fourth-order valence-electron chi connectivity index (χ4n) is 2.38. The highest BCUT2D eigenvalue weighted by atomic mass is 32.2. The second kappa shape index (κ2) is 4.89. The number of aromatic nitrogens is 2. The van der Waals surface area contributed by atoms with Gasteiger partial charge in [-0.05, 0) is 13.0 Å². The van der Waals surface area contributed by atoms with Crippen molar-refractivity contribution in [3.05, 3.63) is 60.6 Å². The number of fused-ring (bicyclic) bond motifs is 1. The van der Waals surface area contributed by atoms with Crippen LogP contribution in [-0.2, 0) is 17.2 Å². The molecule has 3 aromatic rings. The van der Waals surface area contributed by atoms with Gasteiger partial charge in [-0.15, -0.1) is 4.28 Å². The molecule has 0 fully saturated rings. The summed E-state index contributed by atoms with van der Waals surface area (Å²) >= 11 is 0. The summed E-state index contributed by atoms with van der Waals surface area (Å²) in [6.07, 6.45) is 3.08. The summed E-state index contributed by atoms with van der Waals surface area (Å²) in [6.45, 7) is 1.77. The van der Waals surface area contributed by atoms with Crippen LogP contribution in [0.2, 0.25) is 0 Å². The Morgan fingerprint density at radius 1 is 1.05 bits per heavy atom. The Kier molecular flexibility index (Phi) is 3.17. The molecule has 5 nitrogen and oxygen atoms in total. The normalized spacial score (nSPS) is 11.7. The van der Waals surface area contributed by atoms with Gasteiger partial charge in [-0.25, -0.2) is 0 Å². The van der Waals surface area contributed by atoms with Crippen LogP contribution >= 0.6 is 0 Å². The lowest BCUT2D eigenvalue weighted by Crippen LogP contribution is -2.44. The van der Waals surface area contributed by atoms with Gasteiger partial charge in [0.15, 0.2) is 0 Å². The van der Waals surface area contributed by atoms with Crippen LogP contribution in [0.15, 0.2) is 59.8 Å². The molecule has 0 atom stereocenters. The molecule has 3 rings (SSSR count). The molecule has 0 amide bonds. The molecule has 0 aliphatic heterocycles. The minimum atomic E-state index is -3.91. The summed E-state index contributed by atoms with van der Waals surface area (Å²) in [5, 5.41) is 0.661. The van der Waals surface area contributed by atoms with E-state index >= 15 is 0 Å². The van der Waals surface area contributed by atoms with Crippen molar-refractivity contribution >= 4 is 21.0 Å². The molecule has 2 aromatic heterocycles. The largest absolute Gasteiger partial charge is 0.398 e. The first-order valence-electron chi connectivity index (χ1n) is 6.46. The minimum Gasteiger partial charge on any atom is -0.346 e. The Balaban J connectivity index is 2.18. The van der Waals surface area contributed by atoms with Crippen molar-refractivity contribution < 1.29 is 17.4 Å². The average Bonchev–Trinajstić information content (AvgIpc) is 2.72. The van der Waals surface area contributed by atoms with E-state index in [9.17, 15) is 8.42 Å². The van der Waals surface area contributed by atoms with Gasteiger partial charge in [0.1, 0.15) is 4.90 Å². The third-order valence-electron chi connectivity index (χ3n) is 3.46. The Hall–Kier alpha value is -2.34. The van der Waals surface area contributed by atoms with Gasteiger partial charge in [-0.3, -0.25) is 0 Å². The maximum Gasteiger partial charge on any atom is 0.398 e. The highest BCUT2D eigenvalue weighted by Gasteiger charge is 2.29. The smallest absolute Gasteiger partial charge is 0.346 e. The first kappa shape index (κ1) is 13.6. The quantitative estimate of drug-likeness (QED) is 0.691. The van der Waals surface area contributed by atoms with Gasteiger partial charge in [0, 0.05) is 40.5 Å². The molecular formula is C15H15N2O3S+. The number of para-hydroxylation sites is 1. The molecule has 0 aliphatic rings. The van der Waals surface area contributed by atoms with Crippen molar-refractivity contribution in [3.63, 3.8) is 0 Å². The Morgan fingerprint density at radius 3 is 2.43 bits per heavy atom. The molecule has 0 aliphatic carbocycles. The minimum absolute atomic E-state index is 0.206. The van der Waals surface area contributed by atoms with E-state index in [0.717, 1.165) is 5.52 Å². The molecule has 108 valence electrons. The predicted octanol–water partition coefficient (Wildman–Crippen LogP) is 1.59. The van der Waals surface area contributed by atoms with Crippen LogP contribution in [0, 0.1) is 6.92 Å². The standard InChI is InChI=1S/C15H15N2O3S/c1-12-15(13-8-4-5-9-14(13)16(12)2)21(18,19)20-17-10-6-3-7-11-17/h3-11H,1-2H3/q+1. The summed E-state index contributed by atoms with van der Waals surface area (Å²) in [5.41, 5.74) is 1.50. The molecule has 0 saturated heterocycles. The molecule has 0 radical (unpaired) electrons. The SMILES string of the molecule is Cc1c(S(=O)(=O)O[n+]2ccccc2)c2ccccc2n1C. The van der Waals surface area contributed by atoms with Gasteiger partial charge in [-0.1, -0.05) is 24.3 Å². The molecule has 2 heterocycles. The van der Waals surface area contributed by atoms with Gasteiger partial charge in [0.25, 0.3) is 0 Å². The first-order chi connectivity index (χ1) is 10.0. The fraction of sp³-hybridized carbons (Fsp3) is 0.133. The van der Waals surface area contributed by atoms with E-state index in [2.05, 4.69) is 0 Å². The van der Waals surface area contributed by atoms with E-state index in [-0.39, 0.29) is 4.90 Å². The highest BCUT2D eigenvalue weighted by molar-refractivity contribution is 7.87. The third kappa shape index (κ3) is 2.27. The third-order valence-corrected chi connectivity index (χ3v) is 4.85. The summed E-state index contributed by atoms with van der Waals surface area (Å²) in [6, 6.07) is 12.6. The van der Waals surface area contributed by atoms with Gasteiger partial charge in [0.2, 0.25) is 12.4 Å². The van der Waals surface area contributed by atoms with Crippen molar-refractivity contribution in [1.82, 2.24) is 4.57 Å².